The molecular weight excluding hydrogens is 382 g/mol. The summed E-state index contributed by atoms with van der Waals surface area (Å²) in [5.41, 5.74) is 3.49. The molecule has 0 amide bonds. The monoisotopic (exact) mass is 403 g/mol. The smallest absolute Gasteiger partial charge is 0.205 e. The minimum atomic E-state index is 0.0209. The van der Waals surface area contributed by atoms with Gasteiger partial charge in [0, 0.05) is 31.9 Å². The van der Waals surface area contributed by atoms with Crippen LogP contribution in [0.25, 0.3) is 11.0 Å². The maximum atomic E-state index is 12.4. The third kappa shape index (κ3) is 5.47. The largest absolute Gasteiger partial charge is 0.493 e. The summed E-state index contributed by atoms with van der Waals surface area (Å²) in [6, 6.07) is 9.62. The predicted molar refractivity (Wildman–Crippen MR) is 109 cm³/mol. The Bertz CT molecular complexity index is 881. The molecule has 2 heterocycles. The summed E-state index contributed by atoms with van der Waals surface area (Å²) < 4.78 is 10.8. The number of fused-ring (bicyclic) bond motifs is 1. The molecule has 0 saturated heterocycles. The number of nitrogens with zero attached hydrogens (tertiary/aromatic N) is 2. The van der Waals surface area contributed by atoms with Crippen molar-refractivity contribution in [1.29, 1.82) is 0 Å². The molecule has 1 aromatic carbocycles. The van der Waals surface area contributed by atoms with Crippen LogP contribution in [0, 0.1) is 6.92 Å². The first-order valence-electron chi connectivity index (χ1n) is 8.55. The summed E-state index contributed by atoms with van der Waals surface area (Å²) in [5.74, 6) is 0.763. The molecule has 0 bridgehead atoms. The zero-order valence-corrected chi connectivity index (χ0v) is 16.9. The molecular formula is C19H21N3O3S2. The van der Waals surface area contributed by atoms with Crippen molar-refractivity contribution in [2.75, 3.05) is 20.3 Å². The molecule has 0 fully saturated rings. The molecule has 0 saturated carbocycles. The molecule has 3 rings (SSSR count). The van der Waals surface area contributed by atoms with Gasteiger partial charge in [0.15, 0.2) is 5.16 Å². The van der Waals surface area contributed by atoms with Crippen LogP contribution in [0.2, 0.25) is 0 Å². The van der Waals surface area contributed by atoms with Gasteiger partial charge in [-0.15, -0.1) is 0 Å². The number of nitrogens with one attached hydrogen (secondary N) is 1. The molecule has 27 heavy (non-hydrogen) atoms. The van der Waals surface area contributed by atoms with E-state index in [0.29, 0.717) is 13.2 Å². The van der Waals surface area contributed by atoms with Gasteiger partial charge in [-0.3, -0.25) is 9.78 Å². The van der Waals surface area contributed by atoms with Crippen LogP contribution in [-0.2, 0) is 16.0 Å². The Morgan fingerprint density at radius 3 is 2.89 bits per heavy atom. The first kappa shape index (κ1) is 19.7. The number of aromatic nitrogens is 3. The van der Waals surface area contributed by atoms with Gasteiger partial charge >= 0.3 is 0 Å². The minimum absolute atomic E-state index is 0.0209. The van der Waals surface area contributed by atoms with E-state index in [-0.39, 0.29) is 11.5 Å². The van der Waals surface area contributed by atoms with Crippen LogP contribution in [0.1, 0.15) is 17.7 Å². The fraction of sp³-hybridized carbons (Fsp3) is 0.316. The zero-order valence-electron chi connectivity index (χ0n) is 15.2. The molecule has 0 spiro atoms. The second-order valence-electron chi connectivity index (χ2n) is 5.85. The van der Waals surface area contributed by atoms with Crippen molar-refractivity contribution in [2.24, 2.45) is 0 Å². The number of hydrogen-bond acceptors (Lipinski definition) is 7. The summed E-state index contributed by atoms with van der Waals surface area (Å²) in [7, 11) is 4.16. The number of hydrogen-bond donors (Lipinski definition) is 1. The lowest BCUT2D eigenvalue weighted by Crippen LogP contribution is -2.06. The molecule has 2 aromatic heterocycles. The highest BCUT2D eigenvalue weighted by Crippen LogP contribution is 2.32. The standard InChI is InChI=1S/C19H21N3O3S2/c1-13-16(20-9-8-17(13)25-11-5-10-24-2)12-18(23)26-27-19-21-14-6-3-4-7-15(14)22-19/h3-4,6-9H,5,10-12H2,1-2H3,(H,21,22). The third-order valence-corrected chi connectivity index (χ3v) is 5.95. The first-order chi connectivity index (χ1) is 13.2. The minimum Gasteiger partial charge on any atom is -0.493 e. The van der Waals surface area contributed by atoms with Gasteiger partial charge in [-0.25, -0.2) is 4.98 Å². The summed E-state index contributed by atoms with van der Waals surface area (Å²) in [5, 5.41) is 0.738. The number of pyridine rings is 1. The molecule has 3 aromatic rings. The number of carbonyl (C=O) groups excluding carboxylic acids is 1. The maximum Gasteiger partial charge on any atom is 0.205 e. The van der Waals surface area contributed by atoms with Crippen molar-refractivity contribution in [3.8, 4) is 5.75 Å². The van der Waals surface area contributed by atoms with Gasteiger partial charge in [0.25, 0.3) is 0 Å². The van der Waals surface area contributed by atoms with E-state index in [1.54, 1.807) is 13.3 Å². The second kappa shape index (κ2) is 9.77. The lowest BCUT2D eigenvalue weighted by Gasteiger charge is -2.11. The van der Waals surface area contributed by atoms with Crippen LogP contribution in [0.3, 0.4) is 0 Å². The highest BCUT2D eigenvalue weighted by Gasteiger charge is 2.13. The van der Waals surface area contributed by atoms with Crippen LogP contribution in [0.4, 0.5) is 0 Å². The van der Waals surface area contributed by atoms with Crippen molar-refractivity contribution in [3.05, 3.63) is 47.8 Å². The van der Waals surface area contributed by atoms with Crippen LogP contribution in [0.15, 0.2) is 41.7 Å². The predicted octanol–water partition coefficient (Wildman–Crippen LogP) is 4.19. The Kier molecular flexibility index (Phi) is 7.14. The van der Waals surface area contributed by atoms with Crippen LogP contribution in [-0.4, -0.2) is 40.4 Å². The fourth-order valence-electron chi connectivity index (χ4n) is 2.50. The summed E-state index contributed by atoms with van der Waals surface area (Å²) in [6.07, 6.45) is 2.74. The number of ether oxygens (including phenoxy) is 2. The van der Waals surface area contributed by atoms with Crippen molar-refractivity contribution >= 4 is 37.7 Å². The molecule has 0 aliphatic heterocycles. The van der Waals surface area contributed by atoms with Gasteiger partial charge in [-0.1, -0.05) is 12.1 Å². The Morgan fingerprint density at radius 1 is 1.22 bits per heavy atom. The Labute approximate surface area is 165 Å². The van der Waals surface area contributed by atoms with E-state index in [9.17, 15) is 4.79 Å². The lowest BCUT2D eigenvalue weighted by molar-refractivity contribution is -0.110. The summed E-state index contributed by atoms with van der Waals surface area (Å²) in [6.45, 7) is 3.16. The Balaban J connectivity index is 1.55. The van der Waals surface area contributed by atoms with Gasteiger partial charge in [-0.2, -0.15) is 0 Å². The Hall–Kier alpha value is -2.03. The number of imidazole rings is 1. The molecule has 1 N–H and O–H groups in total. The van der Waals surface area contributed by atoms with Crippen molar-refractivity contribution < 1.29 is 14.3 Å². The number of rotatable bonds is 9. The van der Waals surface area contributed by atoms with E-state index in [4.69, 9.17) is 9.47 Å². The molecule has 8 heteroatoms. The highest BCUT2D eigenvalue weighted by molar-refractivity contribution is 8.82. The van der Waals surface area contributed by atoms with Crippen molar-refractivity contribution in [1.82, 2.24) is 15.0 Å². The maximum absolute atomic E-state index is 12.4. The number of para-hydroxylation sites is 2. The number of benzene rings is 1. The average Bonchev–Trinajstić information content (AvgIpc) is 3.09. The number of carbonyl (C=O) groups is 1. The van der Waals surface area contributed by atoms with E-state index in [2.05, 4.69) is 15.0 Å². The van der Waals surface area contributed by atoms with E-state index in [1.165, 1.54) is 21.6 Å². The first-order valence-corrected chi connectivity index (χ1v) is 10.7. The lowest BCUT2D eigenvalue weighted by atomic mass is 10.1. The van der Waals surface area contributed by atoms with Gasteiger partial charge in [0.2, 0.25) is 5.12 Å². The van der Waals surface area contributed by atoms with Crippen LogP contribution in [0.5, 0.6) is 5.75 Å². The molecule has 0 aliphatic carbocycles. The number of aromatic amines is 1. The van der Waals surface area contributed by atoms with Gasteiger partial charge in [-0.05, 0) is 46.7 Å². The SMILES string of the molecule is COCCCOc1ccnc(CC(=O)SSc2nc3ccccc3[nH]2)c1C. The number of H-pyrrole nitrogens is 1. The topological polar surface area (TPSA) is 77.1 Å². The number of methoxy groups -OCH3 is 1. The van der Waals surface area contributed by atoms with Crippen molar-refractivity contribution in [3.63, 3.8) is 0 Å². The average molecular weight is 404 g/mol. The van der Waals surface area contributed by atoms with E-state index in [0.717, 1.165) is 39.6 Å². The quantitative estimate of drug-likeness (QED) is 0.424. The van der Waals surface area contributed by atoms with Gasteiger partial charge < -0.3 is 14.5 Å². The Morgan fingerprint density at radius 2 is 2.07 bits per heavy atom. The fourth-order valence-corrected chi connectivity index (χ4v) is 4.08. The zero-order chi connectivity index (χ0) is 19.1. The molecule has 0 unspecified atom stereocenters. The molecule has 0 aliphatic rings. The molecule has 0 radical (unpaired) electrons. The van der Waals surface area contributed by atoms with E-state index >= 15 is 0 Å². The molecule has 6 nitrogen and oxygen atoms in total. The normalized spacial score (nSPS) is 11.0. The summed E-state index contributed by atoms with van der Waals surface area (Å²) >= 11 is 0. The van der Waals surface area contributed by atoms with E-state index < -0.39 is 0 Å². The third-order valence-electron chi connectivity index (χ3n) is 3.90. The van der Waals surface area contributed by atoms with Gasteiger partial charge in [0.05, 0.1) is 29.8 Å². The van der Waals surface area contributed by atoms with Crippen LogP contribution < -0.4 is 4.74 Å². The molecule has 142 valence electrons. The van der Waals surface area contributed by atoms with Gasteiger partial charge in [0.1, 0.15) is 5.75 Å². The summed E-state index contributed by atoms with van der Waals surface area (Å²) in [4.78, 5) is 24.4. The molecule has 0 atom stereocenters. The second-order valence-corrected chi connectivity index (χ2v) is 8.03. The van der Waals surface area contributed by atoms with Crippen LogP contribution >= 0.6 is 21.6 Å². The highest BCUT2D eigenvalue weighted by atomic mass is 33.1. The van der Waals surface area contributed by atoms with Crippen molar-refractivity contribution in [2.45, 2.75) is 24.9 Å². The van der Waals surface area contributed by atoms with E-state index in [1.807, 2.05) is 37.3 Å².